The van der Waals surface area contributed by atoms with Gasteiger partial charge in [-0.15, -0.1) is 11.3 Å². The van der Waals surface area contributed by atoms with Gasteiger partial charge in [0.1, 0.15) is 0 Å². The van der Waals surface area contributed by atoms with E-state index in [1.54, 1.807) is 17.4 Å². The zero-order valence-electron chi connectivity index (χ0n) is 14.8. The van der Waals surface area contributed by atoms with Crippen molar-refractivity contribution in [3.8, 4) is 0 Å². The van der Waals surface area contributed by atoms with Gasteiger partial charge in [-0.2, -0.15) is 0 Å². The van der Waals surface area contributed by atoms with Crippen LogP contribution in [0.15, 0.2) is 41.0 Å². The Morgan fingerprint density at radius 1 is 1.12 bits per heavy atom. The van der Waals surface area contributed by atoms with Gasteiger partial charge in [-0.25, -0.2) is 9.79 Å². The topological polar surface area (TPSA) is 51.1 Å². The largest absolute Gasteiger partial charge is 0.402 e. The number of morpholine rings is 1. The predicted molar refractivity (Wildman–Crippen MR) is 104 cm³/mol. The van der Waals surface area contributed by atoms with Gasteiger partial charge < -0.3 is 14.4 Å². The average Bonchev–Trinajstić information content (AvgIpc) is 3.26. The fourth-order valence-corrected chi connectivity index (χ4v) is 3.91. The SMILES string of the molecule is Cc1ccc(C2=N/C(=C/c3ccc(N4CCOCC4)s3)C(=O)O2)cc1C. The first-order valence-electron chi connectivity index (χ1n) is 8.63. The molecule has 0 N–H and O–H groups in total. The Labute approximate surface area is 156 Å². The maximum atomic E-state index is 12.2. The molecule has 6 heteroatoms. The summed E-state index contributed by atoms with van der Waals surface area (Å²) in [6.45, 7) is 7.39. The second-order valence-electron chi connectivity index (χ2n) is 6.41. The predicted octanol–water partition coefficient (Wildman–Crippen LogP) is 3.55. The zero-order chi connectivity index (χ0) is 18.1. The minimum Gasteiger partial charge on any atom is -0.402 e. The number of esters is 1. The lowest BCUT2D eigenvalue weighted by molar-refractivity contribution is -0.129. The van der Waals surface area contributed by atoms with Crippen molar-refractivity contribution in [2.24, 2.45) is 4.99 Å². The molecule has 26 heavy (non-hydrogen) atoms. The summed E-state index contributed by atoms with van der Waals surface area (Å²) in [6.07, 6.45) is 1.80. The number of hydrogen-bond acceptors (Lipinski definition) is 6. The molecule has 134 valence electrons. The van der Waals surface area contributed by atoms with Gasteiger partial charge in [-0.3, -0.25) is 0 Å². The molecule has 3 heterocycles. The number of nitrogens with zero attached hydrogens (tertiary/aromatic N) is 2. The van der Waals surface area contributed by atoms with E-state index in [9.17, 15) is 4.79 Å². The van der Waals surface area contributed by atoms with Crippen molar-refractivity contribution in [2.45, 2.75) is 13.8 Å². The van der Waals surface area contributed by atoms with Crippen molar-refractivity contribution < 1.29 is 14.3 Å². The van der Waals surface area contributed by atoms with Gasteiger partial charge in [0.05, 0.1) is 18.2 Å². The number of carbonyl (C=O) groups is 1. The molecular weight excluding hydrogens is 348 g/mol. The standard InChI is InChI=1S/C20H20N2O3S/c1-13-3-4-15(11-14(13)2)19-21-17(20(23)25-19)12-16-5-6-18(26-16)22-7-9-24-10-8-22/h3-6,11-12H,7-10H2,1-2H3/b17-12+. The molecule has 2 aliphatic rings. The van der Waals surface area contributed by atoms with Crippen LogP contribution in [-0.4, -0.2) is 38.2 Å². The number of carbonyl (C=O) groups excluding carboxylic acids is 1. The van der Waals surface area contributed by atoms with Crippen LogP contribution in [-0.2, 0) is 14.3 Å². The molecule has 2 aromatic rings. The Bertz CT molecular complexity index is 908. The fraction of sp³-hybridized carbons (Fsp3) is 0.300. The lowest BCUT2D eigenvalue weighted by Gasteiger charge is -2.27. The molecule has 1 aromatic heterocycles. The first-order valence-corrected chi connectivity index (χ1v) is 9.44. The van der Waals surface area contributed by atoms with E-state index in [1.165, 1.54) is 10.6 Å². The lowest BCUT2D eigenvalue weighted by Crippen LogP contribution is -2.35. The van der Waals surface area contributed by atoms with Crippen LogP contribution in [0.25, 0.3) is 6.08 Å². The van der Waals surface area contributed by atoms with Crippen LogP contribution in [0.4, 0.5) is 5.00 Å². The summed E-state index contributed by atoms with van der Waals surface area (Å²) in [5.41, 5.74) is 3.51. The van der Waals surface area contributed by atoms with E-state index in [-0.39, 0.29) is 0 Å². The number of ether oxygens (including phenoxy) is 2. The minimum absolute atomic E-state index is 0.341. The summed E-state index contributed by atoms with van der Waals surface area (Å²) >= 11 is 1.65. The molecule has 4 rings (SSSR count). The van der Waals surface area contributed by atoms with E-state index in [4.69, 9.17) is 9.47 Å². The van der Waals surface area contributed by atoms with E-state index in [0.29, 0.717) is 11.6 Å². The van der Waals surface area contributed by atoms with Gasteiger partial charge in [0.2, 0.25) is 5.90 Å². The van der Waals surface area contributed by atoms with E-state index in [1.807, 2.05) is 31.2 Å². The molecule has 0 aliphatic carbocycles. The van der Waals surface area contributed by atoms with Crippen LogP contribution >= 0.6 is 11.3 Å². The quantitative estimate of drug-likeness (QED) is 0.614. The van der Waals surface area contributed by atoms with Crippen molar-refractivity contribution in [1.29, 1.82) is 0 Å². The Morgan fingerprint density at radius 3 is 2.69 bits per heavy atom. The van der Waals surface area contributed by atoms with Gasteiger partial charge in [-0.1, -0.05) is 6.07 Å². The second kappa shape index (κ2) is 7.05. The second-order valence-corrected chi connectivity index (χ2v) is 7.50. The third-order valence-corrected chi connectivity index (χ3v) is 5.68. The smallest absolute Gasteiger partial charge is 0.363 e. The van der Waals surface area contributed by atoms with Gasteiger partial charge in [-0.05, 0) is 55.3 Å². The maximum Gasteiger partial charge on any atom is 0.363 e. The van der Waals surface area contributed by atoms with Gasteiger partial charge in [0.25, 0.3) is 0 Å². The average molecular weight is 368 g/mol. The Kier molecular flexibility index (Phi) is 4.61. The number of aryl methyl sites for hydroxylation is 2. The first kappa shape index (κ1) is 17.0. The summed E-state index contributed by atoms with van der Waals surface area (Å²) < 4.78 is 10.8. The number of cyclic esters (lactones) is 1. The van der Waals surface area contributed by atoms with Crippen molar-refractivity contribution in [1.82, 2.24) is 0 Å². The first-order chi connectivity index (χ1) is 12.6. The van der Waals surface area contributed by atoms with Crippen LogP contribution in [0, 0.1) is 13.8 Å². The molecule has 1 saturated heterocycles. The van der Waals surface area contributed by atoms with Gasteiger partial charge >= 0.3 is 5.97 Å². The molecule has 0 saturated carbocycles. The van der Waals surface area contributed by atoms with E-state index in [2.05, 4.69) is 22.9 Å². The summed E-state index contributed by atoms with van der Waals surface area (Å²) in [6, 6.07) is 10.0. The van der Waals surface area contributed by atoms with Crippen LogP contribution in [0.2, 0.25) is 0 Å². The molecule has 0 radical (unpaired) electrons. The van der Waals surface area contributed by atoms with E-state index in [0.717, 1.165) is 42.3 Å². The molecule has 5 nitrogen and oxygen atoms in total. The number of aliphatic imine (C=N–C) groups is 1. The highest BCUT2D eigenvalue weighted by molar-refractivity contribution is 7.16. The highest BCUT2D eigenvalue weighted by Gasteiger charge is 2.24. The van der Waals surface area contributed by atoms with E-state index < -0.39 is 5.97 Å². The number of hydrogen-bond donors (Lipinski definition) is 0. The fourth-order valence-electron chi connectivity index (χ4n) is 2.92. The molecule has 0 unspecified atom stereocenters. The minimum atomic E-state index is -0.403. The Hall–Kier alpha value is -2.44. The molecular formula is C20H20N2O3S. The normalized spacial score (nSPS) is 19.0. The van der Waals surface area contributed by atoms with Crippen LogP contribution in [0.1, 0.15) is 21.6 Å². The third-order valence-electron chi connectivity index (χ3n) is 4.59. The molecule has 1 aromatic carbocycles. The Balaban J connectivity index is 1.57. The highest BCUT2D eigenvalue weighted by atomic mass is 32.1. The number of benzene rings is 1. The van der Waals surface area contributed by atoms with Gasteiger partial charge in [0.15, 0.2) is 5.70 Å². The molecule has 0 amide bonds. The number of thiophene rings is 1. The lowest BCUT2D eigenvalue weighted by atomic mass is 10.1. The van der Waals surface area contributed by atoms with Crippen molar-refractivity contribution in [2.75, 3.05) is 31.2 Å². The zero-order valence-corrected chi connectivity index (χ0v) is 15.6. The molecule has 2 aliphatic heterocycles. The summed E-state index contributed by atoms with van der Waals surface area (Å²) in [7, 11) is 0. The summed E-state index contributed by atoms with van der Waals surface area (Å²) in [5.74, 6) is -0.0335. The number of anilines is 1. The molecule has 1 fully saturated rings. The van der Waals surface area contributed by atoms with E-state index >= 15 is 0 Å². The van der Waals surface area contributed by atoms with Crippen LogP contribution in [0.5, 0.6) is 0 Å². The third kappa shape index (κ3) is 3.43. The monoisotopic (exact) mass is 368 g/mol. The number of rotatable bonds is 3. The molecule has 0 bridgehead atoms. The van der Waals surface area contributed by atoms with Crippen LogP contribution in [0.3, 0.4) is 0 Å². The highest BCUT2D eigenvalue weighted by Crippen LogP contribution is 2.29. The Morgan fingerprint density at radius 2 is 1.92 bits per heavy atom. The van der Waals surface area contributed by atoms with Crippen molar-refractivity contribution in [3.63, 3.8) is 0 Å². The maximum absolute atomic E-state index is 12.2. The molecule has 0 atom stereocenters. The van der Waals surface area contributed by atoms with Crippen molar-refractivity contribution in [3.05, 3.63) is 57.6 Å². The molecule has 0 spiro atoms. The summed E-state index contributed by atoms with van der Waals surface area (Å²) in [4.78, 5) is 19.9. The van der Waals surface area contributed by atoms with Gasteiger partial charge in [0, 0.05) is 23.5 Å². The van der Waals surface area contributed by atoms with Crippen LogP contribution < -0.4 is 4.90 Å². The summed E-state index contributed by atoms with van der Waals surface area (Å²) in [5, 5.41) is 1.19. The van der Waals surface area contributed by atoms with Crippen molar-refractivity contribution >= 4 is 34.3 Å².